The Morgan fingerprint density at radius 2 is 2.32 bits per heavy atom. The molecular weight excluding hydrogens is 340 g/mol. The van der Waals surface area contributed by atoms with Crippen LogP contribution >= 0.6 is 11.3 Å². The van der Waals surface area contributed by atoms with E-state index in [4.69, 9.17) is 10.5 Å². The number of nitrogens with zero attached hydrogens (tertiary/aromatic N) is 2. The molecule has 0 saturated carbocycles. The third kappa shape index (κ3) is 3.80. The van der Waals surface area contributed by atoms with Crippen LogP contribution in [0.25, 0.3) is 6.08 Å². The number of hydrogen-bond donors (Lipinski definition) is 2. The SMILES string of the molecule is COC(=O)N1CCc2c(sc(NC(=O)/C=C/c3cccnc3)c2N)C1. The van der Waals surface area contributed by atoms with Crippen molar-refractivity contribution in [2.24, 2.45) is 0 Å². The molecule has 3 rings (SSSR count). The van der Waals surface area contributed by atoms with E-state index in [1.54, 1.807) is 29.4 Å². The first-order valence-corrected chi connectivity index (χ1v) is 8.52. The molecule has 3 N–H and O–H groups in total. The summed E-state index contributed by atoms with van der Waals surface area (Å²) >= 11 is 1.39. The molecule has 130 valence electrons. The lowest BCUT2D eigenvalue weighted by molar-refractivity contribution is -0.111. The number of methoxy groups -OCH3 is 1. The fourth-order valence-corrected chi connectivity index (χ4v) is 3.79. The first kappa shape index (κ1) is 17.0. The number of fused-ring (bicyclic) bond motifs is 1. The van der Waals surface area contributed by atoms with E-state index in [2.05, 4.69) is 10.3 Å². The van der Waals surface area contributed by atoms with Gasteiger partial charge in [-0.25, -0.2) is 4.79 Å². The monoisotopic (exact) mass is 358 g/mol. The van der Waals surface area contributed by atoms with Gasteiger partial charge in [-0.1, -0.05) is 6.07 Å². The average molecular weight is 358 g/mol. The van der Waals surface area contributed by atoms with E-state index in [0.717, 1.165) is 16.0 Å². The summed E-state index contributed by atoms with van der Waals surface area (Å²) in [6.45, 7) is 0.993. The van der Waals surface area contributed by atoms with Gasteiger partial charge in [-0.2, -0.15) is 0 Å². The first-order chi connectivity index (χ1) is 12.1. The van der Waals surface area contributed by atoms with Crippen LogP contribution in [0.15, 0.2) is 30.6 Å². The van der Waals surface area contributed by atoms with Gasteiger partial charge in [-0.05, 0) is 29.7 Å². The molecule has 1 aliphatic heterocycles. The molecule has 3 heterocycles. The highest BCUT2D eigenvalue weighted by Gasteiger charge is 2.26. The van der Waals surface area contributed by atoms with E-state index < -0.39 is 0 Å². The third-order valence-electron chi connectivity index (χ3n) is 3.88. The van der Waals surface area contributed by atoms with Crippen LogP contribution < -0.4 is 11.1 Å². The minimum atomic E-state index is -0.359. The van der Waals surface area contributed by atoms with Crippen molar-refractivity contribution in [3.63, 3.8) is 0 Å². The van der Waals surface area contributed by atoms with Gasteiger partial charge >= 0.3 is 6.09 Å². The maximum Gasteiger partial charge on any atom is 0.409 e. The van der Waals surface area contributed by atoms with Crippen molar-refractivity contribution in [3.05, 3.63) is 46.6 Å². The number of aromatic nitrogens is 1. The Morgan fingerprint density at radius 1 is 1.48 bits per heavy atom. The molecule has 0 spiro atoms. The van der Waals surface area contributed by atoms with Crippen molar-refractivity contribution in [1.82, 2.24) is 9.88 Å². The normalized spacial score (nSPS) is 13.6. The molecule has 7 nitrogen and oxygen atoms in total. The fourth-order valence-electron chi connectivity index (χ4n) is 2.61. The van der Waals surface area contributed by atoms with Gasteiger partial charge in [-0.3, -0.25) is 9.78 Å². The van der Waals surface area contributed by atoms with Crippen molar-refractivity contribution >= 4 is 40.1 Å². The summed E-state index contributed by atoms with van der Waals surface area (Å²) in [5.41, 5.74) is 8.57. The summed E-state index contributed by atoms with van der Waals surface area (Å²) in [6, 6.07) is 3.66. The van der Waals surface area contributed by atoms with Crippen molar-refractivity contribution < 1.29 is 14.3 Å². The van der Waals surface area contributed by atoms with Gasteiger partial charge in [0.05, 0.1) is 19.3 Å². The Labute approximate surface area is 149 Å². The van der Waals surface area contributed by atoms with Crippen LogP contribution in [-0.2, 0) is 22.5 Å². The predicted molar refractivity (Wildman–Crippen MR) is 97.2 cm³/mol. The Kier molecular flexibility index (Phi) is 4.99. The molecule has 0 radical (unpaired) electrons. The first-order valence-electron chi connectivity index (χ1n) is 7.70. The van der Waals surface area contributed by atoms with E-state index in [1.807, 2.05) is 6.07 Å². The van der Waals surface area contributed by atoms with Crippen LogP contribution in [0.5, 0.6) is 0 Å². The molecule has 0 atom stereocenters. The number of rotatable bonds is 3. The summed E-state index contributed by atoms with van der Waals surface area (Å²) in [4.78, 5) is 30.4. The van der Waals surface area contributed by atoms with Gasteiger partial charge in [-0.15, -0.1) is 11.3 Å². The van der Waals surface area contributed by atoms with Crippen molar-refractivity contribution in [3.8, 4) is 0 Å². The number of nitrogen functional groups attached to an aromatic ring is 1. The van der Waals surface area contributed by atoms with Crippen LogP contribution in [0.4, 0.5) is 15.5 Å². The lowest BCUT2D eigenvalue weighted by Crippen LogP contribution is -2.35. The Morgan fingerprint density at radius 3 is 3.04 bits per heavy atom. The van der Waals surface area contributed by atoms with Gasteiger partial charge < -0.3 is 20.7 Å². The van der Waals surface area contributed by atoms with Crippen LogP contribution in [-0.4, -0.2) is 35.5 Å². The highest BCUT2D eigenvalue weighted by atomic mass is 32.1. The molecule has 0 unspecified atom stereocenters. The molecule has 0 aliphatic carbocycles. The standard InChI is InChI=1S/C17H18N4O3S/c1-24-17(23)21-8-6-12-13(10-21)25-16(15(12)18)20-14(22)5-4-11-3-2-7-19-9-11/h2-5,7,9H,6,8,10,18H2,1H3,(H,20,22)/b5-4+. The smallest absolute Gasteiger partial charge is 0.409 e. The molecule has 2 amide bonds. The molecule has 1 aliphatic rings. The number of nitrogens with one attached hydrogen (secondary N) is 1. The Hall–Kier alpha value is -2.87. The molecule has 0 saturated heterocycles. The van der Waals surface area contributed by atoms with E-state index in [-0.39, 0.29) is 12.0 Å². The maximum absolute atomic E-state index is 12.1. The number of pyridine rings is 1. The largest absolute Gasteiger partial charge is 0.453 e. The number of nitrogens with two attached hydrogens (primary N) is 1. The maximum atomic E-state index is 12.1. The summed E-state index contributed by atoms with van der Waals surface area (Å²) < 4.78 is 4.76. The molecular formula is C17H18N4O3S. The van der Waals surface area contributed by atoms with Crippen LogP contribution in [0, 0.1) is 0 Å². The minimum absolute atomic E-state index is 0.265. The van der Waals surface area contributed by atoms with Crippen molar-refractivity contribution in [2.45, 2.75) is 13.0 Å². The zero-order valence-electron chi connectivity index (χ0n) is 13.7. The summed E-state index contributed by atoms with van der Waals surface area (Å²) in [6.07, 6.45) is 6.76. The molecule has 2 aromatic rings. The summed E-state index contributed by atoms with van der Waals surface area (Å²) in [7, 11) is 1.36. The van der Waals surface area contributed by atoms with Crippen LogP contribution in [0.3, 0.4) is 0 Å². The lowest BCUT2D eigenvalue weighted by atomic mass is 10.1. The number of anilines is 2. The van der Waals surface area contributed by atoms with Gasteiger partial charge in [0.25, 0.3) is 0 Å². The number of ether oxygens (including phenoxy) is 1. The van der Waals surface area contributed by atoms with Crippen LogP contribution in [0.1, 0.15) is 16.0 Å². The lowest BCUT2D eigenvalue weighted by Gasteiger charge is -2.25. The van der Waals surface area contributed by atoms with E-state index in [9.17, 15) is 9.59 Å². The summed E-state index contributed by atoms with van der Waals surface area (Å²) in [5, 5.41) is 3.42. The number of amides is 2. The zero-order valence-corrected chi connectivity index (χ0v) is 14.5. The number of thiophene rings is 1. The second-order valence-electron chi connectivity index (χ2n) is 5.50. The summed E-state index contributed by atoms with van der Waals surface area (Å²) in [5.74, 6) is -0.265. The molecule has 0 fully saturated rings. The number of carbonyl (C=O) groups excluding carboxylic acids is 2. The minimum Gasteiger partial charge on any atom is -0.453 e. The van der Waals surface area contributed by atoms with Gasteiger partial charge in [0.1, 0.15) is 5.00 Å². The Bertz CT molecular complexity index is 817. The zero-order chi connectivity index (χ0) is 17.8. The predicted octanol–water partition coefficient (Wildman–Crippen LogP) is 2.50. The highest BCUT2D eigenvalue weighted by molar-refractivity contribution is 7.17. The molecule has 0 aromatic carbocycles. The van der Waals surface area contributed by atoms with Crippen molar-refractivity contribution in [2.75, 3.05) is 24.7 Å². The topological polar surface area (TPSA) is 97.5 Å². The second kappa shape index (κ2) is 7.35. The second-order valence-corrected chi connectivity index (χ2v) is 6.60. The number of carbonyl (C=O) groups is 2. The molecule has 2 aromatic heterocycles. The average Bonchev–Trinajstić information content (AvgIpc) is 2.95. The molecule has 25 heavy (non-hydrogen) atoms. The van der Waals surface area contributed by atoms with Gasteiger partial charge in [0.2, 0.25) is 5.91 Å². The van der Waals surface area contributed by atoms with Crippen molar-refractivity contribution in [1.29, 1.82) is 0 Å². The molecule has 8 heteroatoms. The van der Waals surface area contributed by atoms with Gasteiger partial charge in [0, 0.05) is 29.9 Å². The van der Waals surface area contributed by atoms with Gasteiger partial charge in [0.15, 0.2) is 0 Å². The third-order valence-corrected chi connectivity index (χ3v) is 5.03. The quantitative estimate of drug-likeness (QED) is 0.822. The van der Waals surface area contributed by atoms with Crippen LogP contribution in [0.2, 0.25) is 0 Å². The van der Waals surface area contributed by atoms with E-state index in [0.29, 0.717) is 30.2 Å². The Balaban J connectivity index is 1.70. The fraction of sp³-hybridized carbons (Fsp3) is 0.235. The molecule has 0 bridgehead atoms. The van der Waals surface area contributed by atoms with E-state index >= 15 is 0 Å². The number of hydrogen-bond acceptors (Lipinski definition) is 6. The van der Waals surface area contributed by atoms with E-state index in [1.165, 1.54) is 24.5 Å². The highest BCUT2D eigenvalue weighted by Crippen LogP contribution is 2.39.